The van der Waals surface area contributed by atoms with Gasteiger partial charge in [0.15, 0.2) is 0 Å². The van der Waals surface area contributed by atoms with Crippen LogP contribution in [0.25, 0.3) is 0 Å². The maximum atomic E-state index is 12.9. The van der Waals surface area contributed by atoms with E-state index < -0.39 is 20.0 Å². The molecule has 0 spiro atoms. The zero-order chi connectivity index (χ0) is 41.4. The molecule has 0 heterocycles. The lowest BCUT2D eigenvalue weighted by molar-refractivity contribution is -0.870. The van der Waals surface area contributed by atoms with Crippen LogP contribution in [0.4, 0.5) is 0 Å². The molecule has 0 rings (SSSR count). The number of phosphoric acid groups is 1. The van der Waals surface area contributed by atoms with Crippen LogP contribution < -0.4 is 5.32 Å². The standard InChI is InChI=1S/C47H97N2O6P/c1-6-8-10-12-14-16-18-20-21-22-23-24-25-26-27-29-31-33-35-37-39-41-47(51)48-45(44-55-56(52,53)54-43-42-49(3,4)5)46(50)40-38-36-34-32-30-28-19-17-15-13-11-9-7-2/h45-46,50H,6-44H2,1-5H3,(H-,48,51,52,53)/p+1/t45-,46+/m0/s1. The zero-order valence-corrected chi connectivity index (χ0v) is 39.0. The van der Waals surface area contributed by atoms with Gasteiger partial charge in [-0.1, -0.05) is 226 Å². The minimum absolute atomic E-state index is 0.0787. The number of aliphatic hydroxyl groups excluding tert-OH is 1. The Labute approximate surface area is 349 Å². The molecular formula is C47H98N2O6P+. The van der Waals surface area contributed by atoms with Crippen LogP contribution in [0.2, 0.25) is 0 Å². The average Bonchev–Trinajstić information content (AvgIpc) is 3.15. The second kappa shape index (κ2) is 39.9. The fourth-order valence-electron chi connectivity index (χ4n) is 7.46. The Balaban J connectivity index is 4.20. The fraction of sp³-hybridized carbons (Fsp3) is 0.979. The quantitative estimate of drug-likeness (QED) is 0.0321. The minimum Gasteiger partial charge on any atom is -0.391 e. The summed E-state index contributed by atoms with van der Waals surface area (Å²) in [5.41, 5.74) is 0. The highest BCUT2D eigenvalue weighted by Gasteiger charge is 2.28. The van der Waals surface area contributed by atoms with E-state index in [4.69, 9.17) is 9.05 Å². The number of aliphatic hydroxyl groups is 1. The Kier molecular flexibility index (Phi) is 39.6. The summed E-state index contributed by atoms with van der Waals surface area (Å²) in [5, 5.41) is 14.0. The summed E-state index contributed by atoms with van der Waals surface area (Å²) in [6.07, 6.45) is 44.2. The molecule has 0 aliphatic heterocycles. The molecule has 0 aliphatic carbocycles. The molecule has 0 aliphatic rings. The highest BCUT2D eigenvalue weighted by molar-refractivity contribution is 7.47. The Morgan fingerprint density at radius 3 is 1.20 bits per heavy atom. The molecule has 1 unspecified atom stereocenters. The number of phosphoric ester groups is 1. The van der Waals surface area contributed by atoms with E-state index in [2.05, 4.69) is 19.2 Å². The van der Waals surface area contributed by atoms with E-state index in [0.29, 0.717) is 23.9 Å². The molecule has 336 valence electrons. The van der Waals surface area contributed by atoms with Gasteiger partial charge in [-0.25, -0.2) is 4.57 Å². The third kappa shape index (κ3) is 41.7. The maximum absolute atomic E-state index is 12.9. The van der Waals surface area contributed by atoms with Crippen molar-refractivity contribution < 1.29 is 32.9 Å². The number of carbonyl (C=O) groups is 1. The summed E-state index contributed by atoms with van der Waals surface area (Å²) in [6, 6.07) is -0.753. The van der Waals surface area contributed by atoms with Crippen LogP contribution in [0.1, 0.15) is 245 Å². The summed E-state index contributed by atoms with van der Waals surface area (Å²) in [7, 11) is 1.63. The highest BCUT2D eigenvalue weighted by Crippen LogP contribution is 2.43. The van der Waals surface area contributed by atoms with Crippen LogP contribution in [0, 0.1) is 0 Å². The molecule has 0 saturated carbocycles. The van der Waals surface area contributed by atoms with Gasteiger partial charge in [0.1, 0.15) is 13.2 Å². The molecular weight excluding hydrogens is 719 g/mol. The Morgan fingerprint density at radius 2 is 0.857 bits per heavy atom. The molecule has 0 aromatic carbocycles. The third-order valence-corrected chi connectivity index (χ3v) is 12.3. The maximum Gasteiger partial charge on any atom is 0.472 e. The van der Waals surface area contributed by atoms with E-state index in [1.54, 1.807) is 0 Å². The summed E-state index contributed by atoms with van der Waals surface area (Å²) in [6.45, 7) is 4.92. The van der Waals surface area contributed by atoms with Crippen LogP contribution in [-0.4, -0.2) is 73.4 Å². The molecule has 0 saturated heterocycles. The van der Waals surface area contributed by atoms with Gasteiger partial charge in [0, 0.05) is 6.42 Å². The molecule has 3 N–H and O–H groups in total. The van der Waals surface area contributed by atoms with Crippen molar-refractivity contribution in [3.8, 4) is 0 Å². The number of nitrogens with zero attached hydrogens (tertiary/aromatic N) is 1. The molecule has 3 atom stereocenters. The topological polar surface area (TPSA) is 105 Å². The first-order valence-electron chi connectivity index (χ1n) is 24.4. The number of unbranched alkanes of at least 4 members (excludes halogenated alkanes) is 32. The third-order valence-electron chi connectivity index (χ3n) is 11.4. The number of hydrogen-bond donors (Lipinski definition) is 3. The molecule has 0 aromatic rings. The summed E-state index contributed by atoms with van der Waals surface area (Å²) in [4.78, 5) is 23.2. The predicted molar refractivity (Wildman–Crippen MR) is 240 cm³/mol. The number of hydrogen-bond acceptors (Lipinski definition) is 5. The summed E-state index contributed by atoms with van der Waals surface area (Å²) in [5.74, 6) is -0.139. The molecule has 9 heteroatoms. The first-order chi connectivity index (χ1) is 27.0. The van der Waals surface area contributed by atoms with Gasteiger partial charge in [0.25, 0.3) is 0 Å². The summed E-state index contributed by atoms with van der Waals surface area (Å²) < 4.78 is 23.7. The Hall–Kier alpha value is -0.500. The molecule has 0 fully saturated rings. The van der Waals surface area contributed by atoms with Crippen molar-refractivity contribution >= 4 is 13.7 Å². The summed E-state index contributed by atoms with van der Waals surface area (Å²) >= 11 is 0. The largest absolute Gasteiger partial charge is 0.472 e. The number of carbonyl (C=O) groups excluding carboxylic acids is 1. The molecule has 0 radical (unpaired) electrons. The van der Waals surface area contributed by atoms with Gasteiger partial charge in [0.05, 0.1) is 39.9 Å². The van der Waals surface area contributed by atoms with Crippen molar-refractivity contribution in [1.82, 2.24) is 5.32 Å². The lowest BCUT2D eigenvalue weighted by atomic mass is 10.0. The van der Waals surface area contributed by atoms with Gasteiger partial charge in [-0.05, 0) is 12.8 Å². The van der Waals surface area contributed by atoms with Gasteiger partial charge in [-0.15, -0.1) is 0 Å². The average molecular weight is 818 g/mol. The van der Waals surface area contributed by atoms with Gasteiger partial charge >= 0.3 is 7.82 Å². The molecule has 0 bridgehead atoms. The molecule has 8 nitrogen and oxygen atoms in total. The van der Waals surface area contributed by atoms with Gasteiger partial charge < -0.3 is 19.8 Å². The Bertz CT molecular complexity index is 885. The van der Waals surface area contributed by atoms with Crippen LogP contribution in [-0.2, 0) is 18.4 Å². The van der Waals surface area contributed by atoms with E-state index >= 15 is 0 Å². The predicted octanol–water partition coefficient (Wildman–Crippen LogP) is 13.8. The van der Waals surface area contributed by atoms with E-state index in [0.717, 1.165) is 38.5 Å². The first-order valence-corrected chi connectivity index (χ1v) is 25.9. The number of quaternary nitrogens is 1. The number of rotatable bonds is 45. The molecule has 0 aromatic heterocycles. The first kappa shape index (κ1) is 55.5. The van der Waals surface area contributed by atoms with E-state index in [9.17, 15) is 19.4 Å². The van der Waals surface area contributed by atoms with Crippen molar-refractivity contribution in [3.05, 3.63) is 0 Å². The van der Waals surface area contributed by atoms with Gasteiger partial charge in [0.2, 0.25) is 5.91 Å². The van der Waals surface area contributed by atoms with Gasteiger partial charge in [-0.2, -0.15) is 0 Å². The zero-order valence-electron chi connectivity index (χ0n) is 38.2. The smallest absolute Gasteiger partial charge is 0.391 e. The normalized spacial score (nSPS) is 14.2. The monoisotopic (exact) mass is 818 g/mol. The van der Waals surface area contributed by atoms with Gasteiger partial charge in [-0.3, -0.25) is 13.8 Å². The van der Waals surface area contributed by atoms with Crippen LogP contribution >= 0.6 is 7.82 Å². The minimum atomic E-state index is -4.31. The highest BCUT2D eigenvalue weighted by atomic mass is 31.2. The lowest BCUT2D eigenvalue weighted by Gasteiger charge is -2.26. The van der Waals surface area contributed by atoms with E-state index in [1.807, 2.05) is 21.1 Å². The fourth-order valence-corrected chi connectivity index (χ4v) is 8.20. The molecule has 56 heavy (non-hydrogen) atoms. The Morgan fingerprint density at radius 1 is 0.536 bits per heavy atom. The molecule has 1 amide bonds. The van der Waals surface area contributed by atoms with Crippen molar-refractivity contribution in [3.63, 3.8) is 0 Å². The van der Waals surface area contributed by atoms with Crippen molar-refractivity contribution in [2.75, 3.05) is 40.9 Å². The van der Waals surface area contributed by atoms with Crippen molar-refractivity contribution in [2.45, 2.75) is 257 Å². The second-order valence-corrected chi connectivity index (χ2v) is 19.7. The van der Waals surface area contributed by atoms with E-state index in [1.165, 1.54) is 180 Å². The van der Waals surface area contributed by atoms with E-state index in [-0.39, 0.29) is 19.1 Å². The van der Waals surface area contributed by atoms with Crippen LogP contribution in [0.15, 0.2) is 0 Å². The number of likely N-dealkylation sites (N-methyl/N-ethyl adjacent to an activating group) is 1. The number of nitrogens with one attached hydrogen (secondary N) is 1. The number of amides is 1. The van der Waals surface area contributed by atoms with Crippen molar-refractivity contribution in [1.29, 1.82) is 0 Å². The lowest BCUT2D eigenvalue weighted by Crippen LogP contribution is -2.46. The van der Waals surface area contributed by atoms with Crippen LogP contribution in [0.5, 0.6) is 0 Å². The second-order valence-electron chi connectivity index (χ2n) is 18.2. The SMILES string of the molecule is CCCCCCCCCCCCCCCCCCCCCCCC(=O)N[C@@H](COP(=O)(O)OCC[N+](C)(C)C)[C@H](O)CCCCCCCCCCCCCCC. The van der Waals surface area contributed by atoms with Crippen LogP contribution in [0.3, 0.4) is 0 Å². The van der Waals surface area contributed by atoms with Crippen molar-refractivity contribution in [2.24, 2.45) is 0 Å².